The van der Waals surface area contributed by atoms with Crippen LogP contribution in [0, 0.1) is 53.3 Å². The summed E-state index contributed by atoms with van der Waals surface area (Å²) in [6, 6.07) is 0. The molecule has 7 aliphatic rings. The average molecular weight is 653 g/mol. The quantitative estimate of drug-likeness (QED) is 0.306. The van der Waals surface area contributed by atoms with Gasteiger partial charge in [-0.3, -0.25) is 4.79 Å². The molecule has 4 heterocycles. The summed E-state index contributed by atoms with van der Waals surface area (Å²) >= 11 is 0. The van der Waals surface area contributed by atoms with Crippen molar-refractivity contribution >= 4 is 5.97 Å². The van der Waals surface area contributed by atoms with Gasteiger partial charge in [0.2, 0.25) is 6.29 Å². The van der Waals surface area contributed by atoms with E-state index in [0.717, 1.165) is 38.5 Å². The monoisotopic (exact) mass is 652 g/mol. The molecular weight excluding hydrogens is 592 g/mol. The first-order valence-electron chi connectivity index (χ1n) is 18.2. The fourth-order valence-corrected chi connectivity index (χ4v) is 10.6. The lowest BCUT2D eigenvalue weighted by atomic mass is 9.58. The third-order valence-electron chi connectivity index (χ3n) is 13.5. The molecule has 0 bridgehead atoms. The number of aliphatic hydroxyl groups is 4. The van der Waals surface area contributed by atoms with Gasteiger partial charge in [-0.15, -0.1) is 0 Å². The zero-order chi connectivity index (χ0) is 33.4. The number of rotatable bonds is 2. The smallest absolute Gasteiger partial charge is 0.311 e. The van der Waals surface area contributed by atoms with E-state index in [-0.39, 0.29) is 53.9 Å². The predicted molar refractivity (Wildman–Crippen MR) is 167 cm³/mol. The first-order chi connectivity index (χ1) is 21.5. The van der Waals surface area contributed by atoms with Gasteiger partial charge in [0.05, 0.1) is 12.0 Å². The third-order valence-corrected chi connectivity index (χ3v) is 13.5. The Kier molecular flexibility index (Phi) is 9.50. The normalized spacial score (nSPS) is 56.7. The van der Waals surface area contributed by atoms with Crippen molar-refractivity contribution in [1.29, 1.82) is 0 Å². The maximum absolute atomic E-state index is 12.0. The van der Waals surface area contributed by atoms with Crippen LogP contribution in [0.1, 0.15) is 119 Å². The van der Waals surface area contributed by atoms with Crippen molar-refractivity contribution in [3.63, 3.8) is 0 Å². The fraction of sp³-hybridized carbons (Fsp3) is 0.972. The van der Waals surface area contributed by atoms with Crippen LogP contribution in [-0.2, 0) is 28.5 Å². The van der Waals surface area contributed by atoms with Crippen LogP contribution in [0.3, 0.4) is 0 Å². The van der Waals surface area contributed by atoms with E-state index in [1.807, 2.05) is 6.92 Å². The lowest BCUT2D eigenvalue weighted by Crippen LogP contribution is -2.67. The van der Waals surface area contributed by atoms with Crippen molar-refractivity contribution in [1.82, 2.24) is 0 Å². The van der Waals surface area contributed by atoms with E-state index in [9.17, 15) is 25.2 Å². The van der Waals surface area contributed by atoms with E-state index in [1.165, 1.54) is 12.8 Å². The number of hydrogen-bond acceptors (Lipinski definition) is 10. The molecule has 0 aromatic heterocycles. The highest BCUT2D eigenvalue weighted by atomic mass is 16.8. The molecule has 7 fully saturated rings. The highest BCUT2D eigenvalue weighted by Crippen LogP contribution is 2.57. The van der Waals surface area contributed by atoms with Gasteiger partial charge >= 0.3 is 5.97 Å². The Labute approximate surface area is 274 Å². The molecular formula is C36H60O10. The SMILES string of the molecule is CC1CCCC1OC1O[C@@H]2O[C@](C)(O)CCC3[C@H](C)CCC([C@H]1C)[C@]32O.C[C@@H]1CCC2[C@@H](C)C(=O)O[C@@H]3O[C@](C)(O)CCC1[C@@]23O. The van der Waals surface area contributed by atoms with Crippen molar-refractivity contribution < 1.29 is 48.9 Å². The van der Waals surface area contributed by atoms with Crippen LogP contribution >= 0.6 is 0 Å². The van der Waals surface area contributed by atoms with Gasteiger partial charge in [-0.25, -0.2) is 0 Å². The molecule has 10 nitrogen and oxygen atoms in total. The summed E-state index contributed by atoms with van der Waals surface area (Å²) in [5, 5.41) is 44.0. The Balaban J connectivity index is 0.000000167. The molecule has 10 heteroatoms. The van der Waals surface area contributed by atoms with Crippen LogP contribution in [0.4, 0.5) is 0 Å². The minimum atomic E-state index is -1.36. The van der Waals surface area contributed by atoms with E-state index in [0.29, 0.717) is 37.0 Å². The Morgan fingerprint density at radius 1 is 0.652 bits per heavy atom. The zero-order valence-electron chi connectivity index (χ0n) is 29.0. The van der Waals surface area contributed by atoms with Crippen LogP contribution in [0.2, 0.25) is 0 Å². The second-order valence-electron chi connectivity index (χ2n) is 16.8. The van der Waals surface area contributed by atoms with Gasteiger partial charge in [-0.05, 0) is 94.8 Å². The first kappa shape index (κ1) is 35.0. The van der Waals surface area contributed by atoms with E-state index >= 15 is 0 Å². The summed E-state index contributed by atoms with van der Waals surface area (Å²) in [5.74, 6) is -1.87. The summed E-state index contributed by atoms with van der Waals surface area (Å²) in [4.78, 5) is 12.0. The topological polar surface area (TPSA) is 144 Å². The first-order valence-corrected chi connectivity index (χ1v) is 18.2. The number of ether oxygens (including phenoxy) is 5. The van der Waals surface area contributed by atoms with E-state index < -0.39 is 35.4 Å². The zero-order valence-corrected chi connectivity index (χ0v) is 29.0. The lowest BCUT2D eigenvalue weighted by molar-refractivity contribution is -0.412. The third kappa shape index (κ3) is 5.99. The van der Waals surface area contributed by atoms with Gasteiger partial charge in [-0.1, -0.05) is 41.0 Å². The molecule has 3 saturated carbocycles. The molecule has 4 aliphatic heterocycles. The Morgan fingerprint density at radius 2 is 1.20 bits per heavy atom. The highest BCUT2D eigenvalue weighted by molar-refractivity contribution is 5.74. The summed E-state index contributed by atoms with van der Waals surface area (Å²) in [5.41, 5.74) is -2.22. The van der Waals surface area contributed by atoms with Gasteiger partial charge < -0.3 is 44.1 Å². The highest BCUT2D eigenvalue weighted by Gasteiger charge is 2.65. The summed E-state index contributed by atoms with van der Waals surface area (Å²) in [6.45, 7) is 13.8. The number of carbonyl (C=O) groups is 1. The molecule has 17 atom stereocenters. The molecule has 0 aromatic rings. The summed E-state index contributed by atoms with van der Waals surface area (Å²) < 4.78 is 29.5. The van der Waals surface area contributed by atoms with Gasteiger partial charge in [0, 0.05) is 30.6 Å². The maximum atomic E-state index is 12.0. The number of carbonyl (C=O) groups excluding carboxylic acids is 1. The molecule has 0 spiro atoms. The second-order valence-corrected chi connectivity index (χ2v) is 16.8. The molecule has 0 amide bonds. The molecule has 7 rings (SSSR count). The molecule has 7 unspecified atom stereocenters. The number of esters is 1. The Morgan fingerprint density at radius 3 is 1.76 bits per heavy atom. The van der Waals surface area contributed by atoms with E-state index in [1.54, 1.807) is 13.8 Å². The van der Waals surface area contributed by atoms with Crippen molar-refractivity contribution in [2.45, 2.75) is 167 Å². The molecule has 3 aliphatic carbocycles. The predicted octanol–water partition coefficient (Wildman–Crippen LogP) is 4.84. The van der Waals surface area contributed by atoms with Gasteiger partial charge in [0.15, 0.2) is 24.2 Å². The second kappa shape index (κ2) is 12.5. The molecule has 0 aromatic carbocycles. The maximum Gasteiger partial charge on any atom is 0.311 e. The van der Waals surface area contributed by atoms with Crippen LogP contribution < -0.4 is 0 Å². The van der Waals surface area contributed by atoms with Crippen molar-refractivity contribution in [2.75, 3.05) is 0 Å². The fourth-order valence-electron chi connectivity index (χ4n) is 10.6. The number of hydrogen-bond donors (Lipinski definition) is 4. The van der Waals surface area contributed by atoms with E-state index in [4.69, 9.17) is 23.7 Å². The molecule has 4 N–H and O–H groups in total. The lowest BCUT2D eigenvalue weighted by Gasteiger charge is -2.57. The van der Waals surface area contributed by atoms with Crippen molar-refractivity contribution in [3.8, 4) is 0 Å². The minimum Gasteiger partial charge on any atom is -0.432 e. The van der Waals surface area contributed by atoms with E-state index in [2.05, 4.69) is 27.7 Å². The Hall–Kier alpha value is -0.850. The van der Waals surface area contributed by atoms with Crippen LogP contribution in [-0.4, -0.2) is 74.1 Å². The standard InChI is InChI=1S/C21H36O5.C15H24O5/c1-12-8-9-16-14(3)18(24-17-7-5-6-13(17)2)25-19-21(16,23)15(12)10-11-20(4,22)26-19;1-8-4-5-11-9(2)12(16)19-13-15(11,18)10(8)6-7-14(3,17)20-13/h12-19,22-23H,5-11H2,1-4H3;8-11,13,17-18H,4-7H2,1-3H3/t12-,13?,14-,15?,16?,17?,18?,19-,20+,21-;8-,9-,10?,11?,13-,14+,15-/m11/s1. The molecule has 4 saturated heterocycles. The Bertz CT molecular complexity index is 1110. The summed E-state index contributed by atoms with van der Waals surface area (Å²) in [7, 11) is 0. The van der Waals surface area contributed by atoms with Crippen molar-refractivity contribution in [2.24, 2.45) is 53.3 Å². The van der Waals surface area contributed by atoms with Crippen LogP contribution in [0.25, 0.3) is 0 Å². The van der Waals surface area contributed by atoms with Crippen LogP contribution in [0.15, 0.2) is 0 Å². The molecule has 0 radical (unpaired) electrons. The van der Waals surface area contributed by atoms with Crippen molar-refractivity contribution in [3.05, 3.63) is 0 Å². The molecule has 264 valence electrons. The van der Waals surface area contributed by atoms with Gasteiger partial charge in [0.25, 0.3) is 0 Å². The van der Waals surface area contributed by atoms with Crippen LogP contribution in [0.5, 0.6) is 0 Å². The largest absolute Gasteiger partial charge is 0.432 e. The van der Waals surface area contributed by atoms with Gasteiger partial charge in [-0.2, -0.15) is 0 Å². The summed E-state index contributed by atoms with van der Waals surface area (Å²) in [6.07, 6.45) is 7.71. The van der Waals surface area contributed by atoms with Gasteiger partial charge in [0.1, 0.15) is 11.2 Å². The molecule has 46 heavy (non-hydrogen) atoms. The minimum absolute atomic E-state index is 0.00391. The average Bonchev–Trinajstić information content (AvgIpc) is 3.28.